The van der Waals surface area contributed by atoms with Crippen molar-refractivity contribution in [2.75, 3.05) is 6.61 Å². The average molecular weight is 188 g/mol. The van der Waals surface area contributed by atoms with Gasteiger partial charge in [-0.1, -0.05) is 13.0 Å². The predicted molar refractivity (Wildman–Crippen MR) is 48.3 cm³/mol. The first kappa shape index (κ1) is 12.1. The van der Waals surface area contributed by atoms with E-state index in [1.54, 1.807) is 13.0 Å². The van der Waals surface area contributed by atoms with Crippen molar-refractivity contribution < 1.29 is 20.1 Å². The second kappa shape index (κ2) is 5.72. The molecule has 2 unspecified atom stereocenters. The van der Waals surface area contributed by atoms with Gasteiger partial charge in [0.2, 0.25) is 0 Å². The molecule has 0 amide bonds. The van der Waals surface area contributed by atoms with Gasteiger partial charge in [-0.25, -0.2) is 4.79 Å². The van der Waals surface area contributed by atoms with Gasteiger partial charge in [0.1, 0.15) is 0 Å². The zero-order chi connectivity index (χ0) is 10.4. The van der Waals surface area contributed by atoms with E-state index in [1.807, 2.05) is 0 Å². The molecule has 0 fully saturated rings. The van der Waals surface area contributed by atoms with E-state index in [0.717, 1.165) is 0 Å². The molecule has 0 heterocycles. The molecule has 0 aliphatic heterocycles. The van der Waals surface area contributed by atoms with Crippen molar-refractivity contribution in [1.29, 1.82) is 0 Å². The third kappa shape index (κ3) is 5.38. The highest BCUT2D eigenvalue weighted by Gasteiger charge is 2.09. The first-order valence-electron chi connectivity index (χ1n) is 4.18. The molecule has 0 aliphatic rings. The molecule has 4 nitrogen and oxygen atoms in total. The van der Waals surface area contributed by atoms with E-state index in [4.69, 9.17) is 15.3 Å². The molecular weight excluding hydrogens is 172 g/mol. The van der Waals surface area contributed by atoms with Crippen LogP contribution in [0.5, 0.6) is 0 Å². The topological polar surface area (TPSA) is 77.8 Å². The summed E-state index contributed by atoms with van der Waals surface area (Å²) in [6.07, 6.45) is 1.18. The predicted octanol–water partition coefficient (Wildman–Crippen LogP) is 0.397. The maximum absolute atomic E-state index is 10.4. The lowest BCUT2D eigenvalue weighted by Gasteiger charge is -2.10. The highest BCUT2D eigenvalue weighted by atomic mass is 16.4. The molecule has 0 spiro atoms. The van der Waals surface area contributed by atoms with Crippen molar-refractivity contribution in [1.82, 2.24) is 0 Å². The number of aliphatic hydroxyl groups excluding tert-OH is 2. The van der Waals surface area contributed by atoms with Crippen LogP contribution >= 0.6 is 0 Å². The summed E-state index contributed by atoms with van der Waals surface area (Å²) in [6.45, 7) is 3.01. The fraction of sp³-hybridized carbons (Fsp3) is 0.667. The largest absolute Gasteiger partial charge is 0.478 e. The lowest BCUT2D eigenvalue weighted by Crippen LogP contribution is -2.15. The summed E-state index contributed by atoms with van der Waals surface area (Å²) in [4.78, 5) is 10.4. The van der Waals surface area contributed by atoms with Gasteiger partial charge in [0.05, 0.1) is 12.7 Å². The highest BCUT2D eigenvalue weighted by Crippen LogP contribution is 2.10. The summed E-state index contributed by atoms with van der Waals surface area (Å²) in [7, 11) is 0. The number of carboxylic acids is 1. The summed E-state index contributed by atoms with van der Waals surface area (Å²) in [5.41, 5.74) is 0.262. The molecule has 0 aromatic heterocycles. The van der Waals surface area contributed by atoms with Gasteiger partial charge in [-0.15, -0.1) is 0 Å². The number of aliphatic hydroxyl groups is 2. The molecule has 0 bridgehead atoms. The Morgan fingerprint density at radius 3 is 2.46 bits per heavy atom. The Kier molecular flexibility index (Phi) is 5.34. The number of carbonyl (C=O) groups is 1. The van der Waals surface area contributed by atoms with Crippen molar-refractivity contribution in [2.24, 2.45) is 5.92 Å². The zero-order valence-electron chi connectivity index (χ0n) is 7.90. The van der Waals surface area contributed by atoms with Crippen LogP contribution in [0.2, 0.25) is 0 Å². The number of rotatable bonds is 5. The number of hydrogen-bond donors (Lipinski definition) is 3. The molecule has 0 aromatic carbocycles. The summed E-state index contributed by atoms with van der Waals surface area (Å²) < 4.78 is 0. The molecule has 0 aromatic rings. The van der Waals surface area contributed by atoms with Crippen LogP contribution in [0.1, 0.15) is 20.3 Å². The smallest absolute Gasteiger partial charge is 0.330 e. The molecule has 0 radical (unpaired) electrons. The Morgan fingerprint density at radius 1 is 1.54 bits per heavy atom. The molecule has 3 N–H and O–H groups in total. The molecule has 0 aliphatic carbocycles. The van der Waals surface area contributed by atoms with Crippen molar-refractivity contribution >= 4 is 5.97 Å². The summed E-state index contributed by atoms with van der Waals surface area (Å²) in [5, 5.41) is 26.1. The highest BCUT2D eigenvalue weighted by molar-refractivity contribution is 5.85. The van der Waals surface area contributed by atoms with E-state index >= 15 is 0 Å². The molecule has 0 saturated heterocycles. The monoisotopic (exact) mass is 188 g/mol. The minimum Gasteiger partial charge on any atom is -0.478 e. The quantitative estimate of drug-likeness (QED) is 0.546. The summed E-state index contributed by atoms with van der Waals surface area (Å²) in [5.74, 6) is -0.997. The third-order valence-corrected chi connectivity index (χ3v) is 1.73. The minimum absolute atomic E-state index is 0.0433. The first-order chi connectivity index (χ1) is 5.97. The maximum atomic E-state index is 10.4. The van der Waals surface area contributed by atoms with Crippen molar-refractivity contribution in [3.8, 4) is 0 Å². The Labute approximate surface area is 77.5 Å². The van der Waals surface area contributed by atoms with Crippen molar-refractivity contribution in [3.05, 3.63) is 11.6 Å². The second-order valence-corrected chi connectivity index (χ2v) is 3.20. The zero-order valence-corrected chi connectivity index (χ0v) is 7.90. The van der Waals surface area contributed by atoms with E-state index < -0.39 is 12.1 Å². The number of allylic oxidation sites excluding steroid dienone is 1. The first-order valence-corrected chi connectivity index (χ1v) is 4.18. The van der Waals surface area contributed by atoms with Crippen LogP contribution in [0, 0.1) is 5.92 Å². The van der Waals surface area contributed by atoms with Crippen LogP contribution in [0.15, 0.2) is 11.6 Å². The fourth-order valence-corrected chi connectivity index (χ4v) is 1.07. The standard InChI is InChI=1S/C9H16O4/c1-6(4-8(11)5-10)3-7(2)9(12)13/h3,6,8,10-11H,4-5H2,1-2H3,(H,12,13). The molecule has 0 rings (SSSR count). The lowest BCUT2D eigenvalue weighted by atomic mass is 10.0. The summed E-state index contributed by atoms with van der Waals surface area (Å²) >= 11 is 0. The lowest BCUT2D eigenvalue weighted by molar-refractivity contribution is -0.132. The number of hydrogen-bond acceptors (Lipinski definition) is 3. The van der Waals surface area contributed by atoms with E-state index in [1.165, 1.54) is 6.92 Å². The Hall–Kier alpha value is -0.870. The Morgan fingerprint density at radius 2 is 2.08 bits per heavy atom. The van der Waals surface area contributed by atoms with Crippen molar-refractivity contribution in [2.45, 2.75) is 26.4 Å². The van der Waals surface area contributed by atoms with Crippen LogP contribution in [-0.4, -0.2) is 34.0 Å². The molecule has 13 heavy (non-hydrogen) atoms. The van der Waals surface area contributed by atoms with Gasteiger partial charge in [0.25, 0.3) is 0 Å². The van der Waals surface area contributed by atoms with Gasteiger partial charge in [-0.3, -0.25) is 0 Å². The fourth-order valence-electron chi connectivity index (χ4n) is 1.07. The Bertz CT molecular complexity index is 198. The van der Waals surface area contributed by atoms with Gasteiger partial charge in [-0.05, 0) is 19.3 Å². The minimum atomic E-state index is -0.953. The van der Waals surface area contributed by atoms with Gasteiger partial charge in [-0.2, -0.15) is 0 Å². The number of carboxylic acid groups (broad SMARTS) is 1. The van der Waals surface area contributed by atoms with Crippen LogP contribution in [0.3, 0.4) is 0 Å². The van der Waals surface area contributed by atoms with E-state index in [-0.39, 0.29) is 18.1 Å². The van der Waals surface area contributed by atoms with Crippen LogP contribution in [0.25, 0.3) is 0 Å². The molecule has 76 valence electrons. The summed E-state index contributed by atoms with van der Waals surface area (Å²) in [6, 6.07) is 0. The third-order valence-electron chi connectivity index (χ3n) is 1.73. The van der Waals surface area contributed by atoms with Gasteiger partial charge in [0.15, 0.2) is 0 Å². The van der Waals surface area contributed by atoms with Crippen LogP contribution in [0.4, 0.5) is 0 Å². The SMILES string of the molecule is CC(=CC(C)CC(O)CO)C(=O)O. The molecule has 4 heteroatoms. The van der Waals surface area contributed by atoms with Gasteiger partial charge < -0.3 is 15.3 Å². The van der Waals surface area contributed by atoms with Gasteiger partial charge >= 0.3 is 5.97 Å². The average Bonchev–Trinajstić information content (AvgIpc) is 2.03. The van der Waals surface area contributed by atoms with Crippen LogP contribution in [-0.2, 0) is 4.79 Å². The van der Waals surface area contributed by atoms with Gasteiger partial charge in [0, 0.05) is 5.57 Å². The number of aliphatic carboxylic acids is 1. The van der Waals surface area contributed by atoms with Crippen LogP contribution < -0.4 is 0 Å². The van der Waals surface area contributed by atoms with E-state index in [0.29, 0.717) is 6.42 Å². The second-order valence-electron chi connectivity index (χ2n) is 3.20. The van der Waals surface area contributed by atoms with E-state index in [9.17, 15) is 4.79 Å². The Balaban J connectivity index is 4.06. The molecule has 0 saturated carbocycles. The molecular formula is C9H16O4. The normalized spacial score (nSPS) is 16.8. The molecule has 2 atom stereocenters. The maximum Gasteiger partial charge on any atom is 0.330 e. The van der Waals surface area contributed by atoms with Crippen molar-refractivity contribution in [3.63, 3.8) is 0 Å². The van der Waals surface area contributed by atoms with E-state index in [2.05, 4.69) is 0 Å².